The first kappa shape index (κ1) is 65.4. The second-order valence-corrected chi connectivity index (χ2v) is 32.7. The van der Waals surface area contributed by atoms with Gasteiger partial charge in [0.1, 0.15) is 0 Å². The number of aryl methyl sites for hydroxylation is 6. The third-order valence-corrected chi connectivity index (χ3v) is 19.5. The van der Waals surface area contributed by atoms with Crippen molar-refractivity contribution >= 4 is 0 Å². The average molecular weight is 1160 g/mol. The molecule has 0 N–H and O–H groups in total. The molecule has 0 aromatic heterocycles. The molecule has 0 amide bonds. The molecule has 0 aliphatic rings. The summed E-state index contributed by atoms with van der Waals surface area (Å²) in [4.78, 5) is 0. The van der Waals surface area contributed by atoms with Crippen molar-refractivity contribution in [3.63, 3.8) is 0 Å². The quantitative estimate of drug-likeness (QED) is 0.107. The molecule has 0 saturated carbocycles. The van der Waals surface area contributed by atoms with Crippen molar-refractivity contribution in [3.05, 3.63) is 316 Å². The summed E-state index contributed by atoms with van der Waals surface area (Å²) in [7, 11) is 0. The van der Waals surface area contributed by atoms with Crippen LogP contribution >= 0.6 is 0 Å². The third kappa shape index (κ3) is 14.0. The van der Waals surface area contributed by atoms with E-state index < -0.39 is 0 Å². The van der Waals surface area contributed by atoms with Crippen LogP contribution in [0.3, 0.4) is 0 Å². The van der Waals surface area contributed by atoms with Crippen LogP contribution in [-0.4, -0.2) is 0 Å². The van der Waals surface area contributed by atoms with Crippen LogP contribution in [0.2, 0.25) is 0 Å². The minimum atomic E-state index is -0.121. The second kappa shape index (κ2) is 24.4. The van der Waals surface area contributed by atoms with Gasteiger partial charge in [-0.25, -0.2) is 0 Å². The van der Waals surface area contributed by atoms with E-state index in [1.54, 1.807) is 0 Å². The fraction of sp³-hybridized carbons (Fsp3) is 0.386. The maximum Gasteiger partial charge on any atom is 0.0348 e. The Morgan fingerprint density at radius 3 is 0.420 bits per heavy atom. The number of hydrogen-bond acceptors (Lipinski definition) is 0. The highest BCUT2D eigenvalue weighted by Gasteiger charge is 2.32. The third-order valence-electron chi connectivity index (χ3n) is 19.5. The van der Waals surface area contributed by atoms with E-state index in [4.69, 9.17) is 0 Å². The van der Waals surface area contributed by atoms with Gasteiger partial charge in [0.05, 0.1) is 0 Å². The van der Waals surface area contributed by atoms with Gasteiger partial charge in [-0.1, -0.05) is 307 Å². The zero-order chi connectivity index (χ0) is 64.4. The fourth-order valence-electron chi connectivity index (χ4n) is 13.7. The molecule has 458 valence electrons. The summed E-state index contributed by atoms with van der Waals surface area (Å²) in [5.74, 6) is -0.120. The van der Waals surface area contributed by atoms with Crippen LogP contribution in [0.15, 0.2) is 182 Å². The summed E-state index contributed by atoms with van der Waals surface area (Å²) in [5.41, 5.74) is 32.1. The molecule has 0 aliphatic heterocycles. The lowest BCUT2D eigenvalue weighted by Gasteiger charge is -2.32. The van der Waals surface area contributed by atoms with Crippen LogP contribution in [0.1, 0.15) is 282 Å². The molecule has 0 heteroatoms. The van der Waals surface area contributed by atoms with Gasteiger partial charge in [-0.3, -0.25) is 0 Å². The summed E-state index contributed by atoms with van der Waals surface area (Å²) in [6.07, 6.45) is 0. The highest BCUT2D eigenvalue weighted by molar-refractivity contribution is 5.62. The maximum absolute atomic E-state index is 2.65. The minimum Gasteiger partial charge on any atom is -0.0582 e. The van der Waals surface area contributed by atoms with E-state index in [0.29, 0.717) is 0 Å². The van der Waals surface area contributed by atoms with Crippen LogP contribution in [0.4, 0.5) is 0 Å². The minimum absolute atomic E-state index is 0.000397. The second-order valence-electron chi connectivity index (χ2n) is 32.7. The monoisotopic (exact) mass is 1160 g/mol. The predicted molar refractivity (Wildman–Crippen MR) is 382 cm³/mol. The molecule has 0 fully saturated rings. The van der Waals surface area contributed by atoms with Gasteiger partial charge in [0, 0.05) is 23.7 Å². The molecule has 9 aromatic rings. The maximum atomic E-state index is 2.65. The van der Waals surface area contributed by atoms with Crippen molar-refractivity contribution in [2.75, 3.05) is 0 Å². The highest BCUT2D eigenvalue weighted by atomic mass is 14.4. The molecule has 0 nitrogen and oxygen atoms in total. The Balaban J connectivity index is 1.37. The SMILES string of the molecule is Cc1cc(C)c(C(c2cc(C(c3ccc(C(C)(C)C)cc3)c3ccc(C(C)(C)C)cc3)c(C)cc2C)c2cc(C(c3ccc(C(C)(C)C)cc3)c3ccc(C(C)(C)C)cc3)c(C)cc2C)cc1C(c1ccc(C(C)(C)C)cc1)c1ccc(C(C)(C)C)cc1. The summed E-state index contributed by atoms with van der Waals surface area (Å²) in [6.45, 7) is 55.9. The first-order valence-electron chi connectivity index (χ1n) is 32.9. The number of rotatable bonds is 12. The van der Waals surface area contributed by atoms with Crippen molar-refractivity contribution in [1.82, 2.24) is 0 Å². The van der Waals surface area contributed by atoms with Gasteiger partial charge < -0.3 is 0 Å². The zero-order valence-electron chi connectivity index (χ0n) is 58.6. The molecular formula is C88H106. The molecule has 0 spiro atoms. The molecule has 88 heavy (non-hydrogen) atoms. The van der Waals surface area contributed by atoms with Crippen LogP contribution in [0.25, 0.3) is 0 Å². The van der Waals surface area contributed by atoms with E-state index in [1.165, 1.54) is 134 Å². The molecule has 0 aliphatic carbocycles. The van der Waals surface area contributed by atoms with E-state index in [0.717, 1.165) is 0 Å². The zero-order valence-corrected chi connectivity index (χ0v) is 58.6. The largest absolute Gasteiger partial charge is 0.0582 e. The standard InChI is InChI=1S/C88H106/c1-55-49-58(4)76(52-73(55)79(61-25-37-67(38-26-61)83(7,8)9)62-27-39-68(40-28-62)84(10,11)12)82(77-53-74(56(2)50-59(77)5)80(63-29-41-69(42-30-63)85(13,14)15)64-31-43-70(44-32-64)86(16,17)18)78-54-75(57(3)51-60(78)6)81(65-33-45-71(46-34-65)87(19,20)21)66-35-47-72(48-36-66)88(22,23)24/h25-54,79-82H,1-24H3. The predicted octanol–water partition coefficient (Wildman–Crippen LogP) is 24.0. The topological polar surface area (TPSA) is 0 Å². The van der Waals surface area contributed by atoms with Crippen LogP contribution in [0, 0.1) is 41.5 Å². The van der Waals surface area contributed by atoms with Gasteiger partial charge >= 0.3 is 0 Å². The van der Waals surface area contributed by atoms with Crippen LogP contribution in [0.5, 0.6) is 0 Å². The Labute approximate surface area is 534 Å². The molecule has 0 unspecified atom stereocenters. The van der Waals surface area contributed by atoms with Crippen molar-refractivity contribution < 1.29 is 0 Å². The Morgan fingerprint density at radius 2 is 0.295 bits per heavy atom. The van der Waals surface area contributed by atoms with E-state index in [-0.39, 0.29) is 56.2 Å². The Bertz CT molecular complexity index is 3300. The molecule has 0 radical (unpaired) electrons. The lowest BCUT2D eigenvalue weighted by atomic mass is 9.72. The van der Waals surface area contributed by atoms with E-state index in [1.807, 2.05) is 0 Å². The van der Waals surface area contributed by atoms with Crippen LogP contribution in [-0.2, 0) is 32.5 Å². The Hall–Kier alpha value is -7.02. The number of hydrogen-bond donors (Lipinski definition) is 0. The average Bonchev–Trinajstić information content (AvgIpc) is 0.852. The van der Waals surface area contributed by atoms with E-state index in [9.17, 15) is 0 Å². The van der Waals surface area contributed by atoms with Gasteiger partial charge in [-0.15, -0.1) is 0 Å². The van der Waals surface area contributed by atoms with Gasteiger partial charge in [-0.05, 0) is 208 Å². The first-order valence-corrected chi connectivity index (χ1v) is 32.9. The lowest BCUT2D eigenvalue weighted by Crippen LogP contribution is -2.16. The fourth-order valence-corrected chi connectivity index (χ4v) is 13.7. The molecule has 9 rings (SSSR count). The lowest BCUT2D eigenvalue weighted by molar-refractivity contribution is 0.589. The molecular weight excluding hydrogens is 1060 g/mol. The summed E-state index contributed by atoms with van der Waals surface area (Å²) in [6, 6.07) is 73.0. The Kier molecular flexibility index (Phi) is 18.1. The number of benzene rings is 9. The van der Waals surface area contributed by atoms with Crippen molar-refractivity contribution in [2.45, 2.75) is 222 Å². The van der Waals surface area contributed by atoms with Gasteiger partial charge in [0.25, 0.3) is 0 Å². The summed E-state index contributed by atoms with van der Waals surface area (Å²) >= 11 is 0. The normalized spacial score (nSPS) is 13.0. The van der Waals surface area contributed by atoms with Crippen LogP contribution < -0.4 is 0 Å². The van der Waals surface area contributed by atoms with Crippen molar-refractivity contribution in [1.29, 1.82) is 0 Å². The smallest absolute Gasteiger partial charge is 0.0348 e. The van der Waals surface area contributed by atoms with Gasteiger partial charge in [0.2, 0.25) is 0 Å². The molecule has 0 heterocycles. The summed E-state index contributed by atoms with van der Waals surface area (Å²) in [5, 5.41) is 0. The highest BCUT2D eigenvalue weighted by Crippen LogP contribution is 2.48. The Morgan fingerprint density at radius 1 is 0.170 bits per heavy atom. The van der Waals surface area contributed by atoms with Gasteiger partial charge in [0.15, 0.2) is 0 Å². The molecule has 0 atom stereocenters. The molecule has 0 saturated heterocycles. The molecule has 9 aromatic carbocycles. The van der Waals surface area contributed by atoms with Gasteiger partial charge in [-0.2, -0.15) is 0 Å². The van der Waals surface area contributed by atoms with Crippen molar-refractivity contribution in [2.24, 2.45) is 0 Å². The van der Waals surface area contributed by atoms with E-state index >= 15 is 0 Å². The molecule has 0 bridgehead atoms. The van der Waals surface area contributed by atoms with E-state index in [2.05, 4.69) is 348 Å². The van der Waals surface area contributed by atoms with Crippen molar-refractivity contribution in [3.8, 4) is 0 Å². The first-order chi connectivity index (χ1) is 40.9. The summed E-state index contributed by atoms with van der Waals surface area (Å²) < 4.78 is 0.